The van der Waals surface area contributed by atoms with E-state index in [0.717, 1.165) is 22.4 Å². The summed E-state index contributed by atoms with van der Waals surface area (Å²) in [5.74, 6) is 1.68. The van der Waals surface area contributed by atoms with Crippen LogP contribution in [0.4, 0.5) is 0 Å². The zero-order valence-electron chi connectivity index (χ0n) is 12.5. The number of benzene rings is 1. The molecule has 0 aliphatic heterocycles. The van der Waals surface area contributed by atoms with Gasteiger partial charge in [0.2, 0.25) is 0 Å². The maximum absolute atomic E-state index is 5.90. The largest absolute Gasteiger partial charge is 0.354 e. The van der Waals surface area contributed by atoms with Crippen LogP contribution in [-0.4, -0.2) is 26.8 Å². The fourth-order valence-corrected chi connectivity index (χ4v) is 2.09. The van der Waals surface area contributed by atoms with E-state index in [1.807, 2.05) is 35.9 Å². The third kappa shape index (κ3) is 4.21. The van der Waals surface area contributed by atoms with Gasteiger partial charge in [-0.3, -0.25) is 0 Å². The quantitative estimate of drug-likeness (QED) is 0.652. The van der Waals surface area contributed by atoms with Crippen LogP contribution in [0.15, 0.2) is 35.6 Å². The Bertz CT molecular complexity index is 644. The minimum Gasteiger partial charge on any atom is -0.354 e. The Morgan fingerprint density at radius 3 is 2.77 bits per heavy atom. The number of aromatic nitrogens is 3. The van der Waals surface area contributed by atoms with Crippen molar-refractivity contribution in [2.45, 2.75) is 32.0 Å². The molecule has 22 heavy (non-hydrogen) atoms. The fourth-order valence-electron chi connectivity index (χ4n) is 1.96. The first-order valence-electron chi connectivity index (χ1n) is 7.33. The number of rotatable bonds is 5. The third-order valence-corrected chi connectivity index (χ3v) is 3.72. The molecule has 7 heteroatoms. The second-order valence-corrected chi connectivity index (χ2v) is 5.86. The van der Waals surface area contributed by atoms with E-state index in [-0.39, 0.29) is 0 Å². The molecule has 2 N–H and O–H groups in total. The van der Waals surface area contributed by atoms with E-state index in [4.69, 9.17) is 11.6 Å². The Labute approximate surface area is 134 Å². The number of nitrogens with one attached hydrogen (secondary N) is 2. The van der Waals surface area contributed by atoms with Crippen LogP contribution in [0.1, 0.15) is 24.2 Å². The lowest BCUT2D eigenvalue weighted by molar-refractivity contribution is 0.720. The van der Waals surface area contributed by atoms with Crippen LogP contribution in [0.25, 0.3) is 0 Å². The molecule has 0 radical (unpaired) electrons. The summed E-state index contributed by atoms with van der Waals surface area (Å²) in [5.41, 5.74) is 1.12. The number of hydrogen-bond acceptors (Lipinski definition) is 3. The van der Waals surface area contributed by atoms with Crippen molar-refractivity contribution in [3.63, 3.8) is 0 Å². The van der Waals surface area contributed by atoms with Crippen molar-refractivity contribution in [3.05, 3.63) is 47.0 Å². The van der Waals surface area contributed by atoms with E-state index in [2.05, 4.69) is 25.8 Å². The summed E-state index contributed by atoms with van der Waals surface area (Å²) in [5, 5.41) is 15.4. The first-order chi connectivity index (χ1) is 10.7. The summed E-state index contributed by atoms with van der Waals surface area (Å²) in [6.07, 6.45) is 4.09. The molecule has 1 aromatic heterocycles. The van der Waals surface area contributed by atoms with Crippen molar-refractivity contribution in [2.75, 3.05) is 0 Å². The summed E-state index contributed by atoms with van der Waals surface area (Å²) in [6.45, 7) is 1.20. The van der Waals surface area contributed by atoms with Gasteiger partial charge in [-0.15, -0.1) is 10.2 Å². The van der Waals surface area contributed by atoms with E-state index in [9.17, 15) is 0 Å². The molecular weight excluding hydrogens is 300 g/mol. The fraction of sp³-hybridized carbons (Fsp3) is 0.400. The van der Waals surface area contributed by atoms with Crippen LogP contribution in [0.5, 0.6) is 0 Å². The Morgan fingerprint density at radius 1 is 1.36 bits per heavy atom. The van der Waals surface area contributed by atoms with Gasteiger partial charge >= 0.3 is 0 Å². The highest BCUT2D eigenvalue weighted by Gasteiger charge is 2.22. The van der Waals surface area contributed by atoms with Gasteiger partial charge in [0.25, 0.3) is 0 Å². The van der Waals surface area contributed by atoms with Crippen molar-refractivity contribution >= 4 is 17.6 Å². The van der Waals surface area contributed by atoms with Gasteiger partial charge in [-0.2, -0.15) is 0 Å². The molecule has 0 unspecified atom stereocenters. The summed E-state index contributed by atoms with van der Waals surface area (Å²) in [6, 6.07) is 8.28. The van der Waals surface area contributed by atoms with E-state index < -0.39 is 0 Å². The molecular formula is C15H19ClN6. The third-order valence-electron chi connectivity index (χ3n) is 3.47. The summed E-state index contributed by atoms with van der Waals surface area (Å²) in [4.78, 5) is 4.63. The molecule has 1 aliphatic carbocycles. The highest BCUT2D eigenvalue weighted by atomic mass is 35.5. The Kier molecular flexibility index (Phi) is 4.58. The number of hydrogen-bond donors (Lipinski definition) is 2. The molecule has 6 nitrogen and oxygen atoms in total. The van der Waals surface area contributed by atoms with Gasteiger partial charge in [0.05, 0.1) is 13.1 Å². The maximum atomic E-state index is 5.90. The van der Waals surface area contributed by atoms with Gasteiger partial charge in [0.1, 0.15) is 6.33 Å². The SMILES string of the molecule is Cn1cnnc1CNC(=NCc1ccc(Cl)cc1)NC1CC1. The smallest absolute Gasteiger partial charge is 0.192 e. The normalized spacial score (nSPS) is 14.9. The zero-order valence-corrected chi connectivity index (χ0v) is 13.2. The molecule has 0 atom stereocenters. The van der Waals surface area contributed by atoms with Crippen LogP contribution in [0.2, 0.25) is 5.02 Å². The predicted molar refractivity (Wildman–Crippen MR) is 86.6 cm³/mol. The molecule has 1 saturated carbocycles. The molecule has 1 aliphatic rings. The van der Waals surface area contributed by atoms with Gasteiger partial charge in [0, 0.05) is 18.1 Å². The van der Waals surface area contributed by atoms with E-state index in [1.165, 1.54) is 12.8 Å². The summed E-state index contributed by atoms with van der Waals surface area (Å²) in [7, 11) is 1.93. The van der Waals surface area contributed by atoms with Crippen molar-refractivity contribution in [2.24, 2.45) is 12.0 Å². The van der Waals surface area contributed by atoms with Crippen LogP contribution >= 0.6 is 11.6 Å². The second kappa shape index (κ2) is 6.79. The van der Waals surface area contributed by atoms with Crippen LogP contribution in [0, 0.1) is 0 Å². The van der Waals surface area contributed by atoms with Crippen molar-refractivity contribution < 1.29 is 0 Å². The van der Waals surface area contributed by atoms with Gasteiger partial charge < -0.3 is 15.2 Å². The monoisotopic (exact) mass is 318 g/mol. The van der Waals surface area contributed by atoms with Crippen molar-refractivity contribution in [1.82, 2.24) is 25.4 Å². The Morgan fingerprint density at radius 2 is 2.14 bits per heavy atom. The summed E-state index contributed by atoms with van der Waals surface area (Å²) < 4.78 is 1.89. The highest BCUT2D eigenvalue weighted by Crippen LogP contribution is 2.18. The maximum Gasteiger partial charge on any atom is 0.192 e. The molecule has 1 fully saturated rings. The Balaban J connectivity index is 1.61. The van der Waals surface area contributed by atoms with Gasteiger partial charge in [-0.05, 0) is 30.5 Å². The first-order valence-corrected chi connectivity index (χ1v) is 7.70. The molecule has 1 heterocycles. The lowest BCUT2D eigenvalue weighted by atomic mass is 10.2. The first kappa shape index (κ1) is 14.8. The summed E-state index contributed by atoms with van der Waals surface area (Å²) >= 11 is 5.90. The Hall–Kier alpha value is -2.08. The molecule has 0 amide bonds. The number of aryl methyl sites for hydroxylation is 1. The lowest BCUT2D eigenvalue weighted by Gasteiger charge is -2.11. The molecule has 0 bridgehead atoms. The molecule has 2 aromatic rings. The van der Waals surface area contributed by atoms with Crippen LogP contribution < -0.4 is 10.6 Å². The number of nitrogens with zero attached hydrogens (tertiary/aromatic N) is 4. The van der Waals surface area contributed by atoms with Crippen LogP contribution in [0.3, 0.4) is 0 Å². The number of halogens is 1. The highest BCUT2D eigenvalue weighted by molar-refractivity contribution is 6.30. The van der Waals surface area contributed by atoms with Gasteiger partial charge in [0.15, 0.2) is 11.8 Å². The molecule has 3 rings (SSSR count). The molecule has 0 saturated heterocycles. The minimum atomic E-state index is 0.538. The lowest BCUT2D eigenvalue weighted by Crippen LogP contribution is -2.38. The van der Waals surface area contributed by atoms with E-state index in [0.29, 0.717) is 19.1 Å². The van der Waals surface area contributed by atoms with Crippen LogP contribution in [-0.2, 0) is 20.1 Å². The minimum absolute atomic E-state index is 0.538. The average molecular weight is 319 g/mol. The van der Waals surface area contributed by atoms with Gasteiger partial charge in [-0.25, -0.2) is 4.99 Å². The second-order valence-electron chi connectivity index (χ2n) is 5.42. The molecule has 1 aromatic carbocycles. The van der Waals surface area contributed by atoms with Crippen molar-refractivity contribution in [3.8, 4) is 0 Å². The number of aliphatic imine (C=N–C) groups is 1. The molecule has 116 valence electrons. The van der Waals surface area contributed by atoms with Gasteiger partial charge in [-0.1, -0.05) is 23.7 Å². The predicted octanol–water partition coefficient (Wildman–Crippen LogP) is 1.87. The van der Waals surface area contributed by atoms with Crippen molar-refractivity contribution in [1.29, 1.82) is 0 Å². The average Bonchev–Trinajstić information content (AvgIpc) is 3.24. The number of guanidine groups is 1. The standard InChI is InChI=1S/C15H19ClN6/c1-22-10-19-21-14(22)9-18-15(20-13-6-7-13)17-8-11-2-4-12(16)5-3-11/h2-5,10,13H,6-9H2,1H3,(H2,17,18,20). The topological polar surface area (TPSA) is 67.1 Å². The van der Waals surface area contributed by atoms with E-state index >= 15 is 0 Å². The zero-order chi connectivity index (χ0) is 15.4. The molecule has 0 spiro atoms. The van der Waals surface area contributed by atoms with E-state index in [1.54, 1.807) is 6.33 Å².